The van der Waals surface area contributed by atoms with Crippen molar-refractivity contribution in [1.82, 2.24) is 15.1 Å². The molecule has 32 heavy (non-hydrogen) atoms. The fourth-order valence-electron chi connectivity index (χ4n) is 3.15. The van der Waals surface area contributed by atoms with Crippen molar-refractivity contribution in [3.63, 3.8) is 0 Å². The number of rotatable bonds is 9. The minimum absolute atomic E-state index is 0.171. The first-order valence-corrected chi connectivity index (χ1v) is 10.6. The van der Waals surface area contributed by atoms with Gasteiger partial charge in [-0.2, -0.15) is 5.10 Å². The summed E-state index contributed by atoms with van der Waals surface area (Å²) in [6, 6.07) is 15.6. The molecule has 1 heterocycles. The number of amides is 1. The SMILES string of the molecule is COc1ccc(CCNC(=O)COC(=O)c2c(C)nn(Cc3ccc(C)cc3)c2Cl)cc1. The van der Waals surface area contributed by atoms with E-state index in [2.05, 4.69) is 10.4 Å². The molecule has 0 aliphatic heterocycles. The first-order valence-electron chi connectivity index (χ1n) is 10.2. The number of aromatic nitrogens is 2. The number of nitrogens with zero attached hydrogens (tertiary/aromatic N) is 2. The number of aryl methyl sites for hydroxylation is 2. The Bertz CT molecular complexity index is 1080. The summed E-state index contributed by atoms with van der Waals surface area (Å²) < 4.78 is 11.8. The van der Waals surface area contributed by atoms with E-state index in [9.17, 15) is 9.59 Å². The van der Waals surface area contributed by atoms with Gasteiger partial charge in [-0.15, -0.1) is 0 Å². The molecule has 7 nitrogen and oxygen atoms in total. The Balaban J connectivity index is 1.50. The van der Waals surface area contributed by atoms with Crippen molar-refractivity contribution in [2.45, 2.75) is 26.8 Å². The van der Waals surface area contributed by atoms with Gasteiger partial charge >= 0.3 is 5.97 Å². The van der Waals surface area contributed by atoms with Crippen LogP contribution < -0.4 is 10.1 Å². The van der Waals surface area contributed by atoms with Gasteiger partial charge in [-0.25, -0.2) is 9.48 Å². The number of halogens is 1. The zero-order valence-electron chi connectivity index (χ0n) is 18.4. The van der Waals surface area contributed by atoms with Crippen LogP contribution in [0.3, 0.4) is 0 Å². The highest BCUT2D eigenvalue weighted by Gasteiger charge is 2.22. The smallest absolute Gasteiger partial charge is 0.343 e. The largest absolute Gasteiger partial charge is 0.497 e. The Morgan fingerprint density at radius 2 is 1.69 bits per heavy atom. The molecule has 1 aromatic heterocycles. The molecule has 0 bridgehead atoms. The zero-order valence-corrected chi connectivity index (χ0v) is 19.1. The first-order chi connectivity index (χ1) is 15.4. The van der Waals surface area contributed by atoms with Crippen LogP contribution in [0.5, 0.6) is 5.75 Å². The van der Waals surface area contributed by atoms with Gasteiger partial charge in [0.15, 0.2) is 6.61 Å². The Labute approximate surface area is 192 Å². The molecule has 1 N–H and O–H groups in total. The highest BCUT2D eigenvalue weighted by molar-refractivity contribution is 6.32. The monoisotopic (exact) mass is 455 g/mol. The first kappa shape index (κ1) is 23.3. The van der Waals surface area contributed by atoms with Gasteiger partial charge in [0.1, 0.15) is 16.5 Å². The lowest BCUT2D eigenvalue weighted by Crippen LogP contribution is -2.30. The predicted octanol–water partition coefficient (Wildman–Crippen LogP) is 3.73. The van der Waals surface area contributed by atoms with E-state index < -0.39 is 5.97 Å². The molecule has 3 rings (SSSR count). The van der Waals surface area contributed by atoms with Crippen LogP contribution in [0, 0.1) is 13.8 Å². The Hall–Kier alpha value is -3.32. The minimum Gasteiger partial charge on any atom is -0.497 e. The Morgan fingerprint density at radius 1 is 1.03 bits per heavy atom. The third-order valence-electron chi connectivity index (χ3n) is 4.95. The van der Waals surface area contributed by atoms with Crippen molar-refractivity contribution in [3.05, 3.63) is 81.6 Å². The molecule has 0 spiro atoms. The van der Waals surface area contributed by atoms with Gasteiger partial charge in [-0.3, -0.25) is 4.79 Å². The molecule has 3 aromatic rings. The summed E-state index contributed by atoms with van der Waals surface area (Å²) in [6.45, 7) is 4.16. The van der Waals surface area contributed by atoms with E-state index in [0.29, 0.717) is 25.2 Å². The number of hydrogen-bond donors (Lipinski definition) is 1. The number of carbonyl (C=O) groups excluding carboxylic acids is 2. The van der Waals surface area contributed by atoms with Crippen LogP contribution in [0.25, 0.3) is 0 Å². The molecule has 2 aromatic carbocycles. The standard InChI is InChI=1S/C24H26ClN3O4/c1-16-4-6-19(7-5-16)14-28-23(25)22(17(2)27-28)24(30)32-15-21(29)26-13-12-18-8-10-20(31-3)11-9-18/h4-11H,12-15H2,1-3H3,(H,26,29). The van der Waals surface area contributed by atoms with E-state index in [1.165, 1.54) is 0 Å². The van der Waals surface area contributed by atoms with Gasteiger partial charge in [-0.05, 0) is 43.5 Å². The summed E-state index contributed by atoms with van der Waals surface area (Å²) in [5.74, 6) is -0.276. The Kier molecular flexibility index (Phi) is 7.89. The molecule has 0 fully saturated rings. The molecular weight excluding hydrogens is 430 g/mol. The average Bonchev–Trinajstić information content (AvgIpc) is 3.07. The van der Waals surface area contributed by atoms with Crippen molar-refractivity contribution in [3.8, 4) is 5.75 Å². The summed E-state index contributed by atoms with van der Waals surface area (Å²) in [7, 11) is 1.61. The van der Waals surface area contributed by atoms with Crippen molar-refractivity contribution in [2.24, 2.45) is 0 Å². The van der Waals surface area contributed by atoms with Gasteiger partial charge in [0.05, 0.1) is 19.3 Å². The lowest BCUT2D eigenvalue weighted by atomic mass is 10.1. The Morgan fingerprint density at radius 3 is 2.34 bits per heavy atom. The van der Waals surface area contributed by atoms with Crippen LogP contribution in [0.15, 0.2) is 48.5 Å². The van der Waals surface area contributed by atoms with Gasteiger partial charge < -0.3 is 14.8 Å². The lowest BCUT2D eigenvalue weighted by Gasteiger charge is -2.08. The van der Waals surface area contributed by atoms with Crippen molar-refractivity contribution in [2.75, 3.05) is 20.3 Å². The molecule has 1 amide bonds. The van der Waals surface area contributed by atoms with E-state index in [1.54, 1.807) is 18.7 Å². The number of nitrogens with one attached hydrogen (secondary N) is 1. The van der Waals surface area contributed by atoms with Crippen LogP contribution in [0.1, 0.15) is 32.7 Å². The molecular formula is C24H26ClN3O4. The summed E-state index contributed by atoms with van der Waals surface area (Å²) in [4.78, 5) is 24.6. The van der Waals surface area contributed by atoms with Crippen LogP contribution >= 0.6 is 11.6 Å². The molecule has 0 aliphatic rings. The molecule has 0 aliphatic carbocycles. The van der Waals surface area contributed by atoms with E-state index in [4.69, 9.17) is 21.1 Å². The summed E-state index contributed by atoms with van der Waals surface area (Å²) in [5, 5.41) is 7.27. The molecule has 168 valence electrons. The van der Waals surface area contributed by atoms with E-state index in [0.717, 1.165) is 22.4 Å². The maximum Gasteiger partial charge on any atom is 0.343 e. The van der Waals surface area contributed by atoms with Gasteiger partial charge in [-0.1, -0.05) is 53.6 Å². The van der Waals surface area contributed by atoms with Crippen LogP contribution in [0.4, 0.5) is 0 Å². The van der Waals surface area contributed by atoms with E-state index in [1.807, 2.05) is 55.5 Å². The fraction of sp³-hybridized carbons (Fsp3) is 0.292. The summed E-state index contributed by atoms with van der Waals surface area (Å²) >= 11 is 6.38. The molecule has 0 saturated heterocycles. The average molecular weight is 456 g/mol. The second-order valence-electron chi connectivity index (χ2n) is 7.42. The maximum atomic E-state index is 12.5. The molecule has 0 radical (unpaired) electrons. The third kappa shape index (κ3) is 6.11. The molecule has 0 atom stereocenters. The molecule has 0 unspecified atom stereocenters. The second kappa shape index (κ2) is 10.8. The molecule has 0 saturated carbocycles. The van der Waals surface area contributed by atoms with Gasteiger partial charge in [0, 0.05) is 6.54 Å². The third-order valence-corrected chi connectivity index (χ3v) is 5.34. The van der Waals surface area contributed by atoms with Gasteiger partial charge in [0.2, 0.25) is 0 Å². The van der Waals surface area contributed by atoms with Crippen molar-refractivity contribution >= 4 is 23.5 Å². The number of esters is 1. The fourth-order valence-corrected chi connectivity index (χ4v) is 3.46. The topological polar surface area (TPSA) is 82.4 Å². The second-order valence-corrected chi connectivity index (χ2v) is 7.78. The van der Waals surface area contributed by atoms with E-state index >= 15 is 0 Å². The summed E-state index contributed by atoms with van der Waals surface area (Å²) in [6.07, 6.45) is 0.653. The maximum absolute atomic E-state index is 12.5. The number of ether oxygens (including phenoxy) is 2. The predicted molar refractivity (Wildman–Crippen MR) is 122 cm³/mol. The highest BCUT2D eigenvalue weighted by Crippen LogP contribution is 2.22. The van der Waals surface area contributed by atoms with Crippen LogP contribution in [0.2, 0.25) is 5.15 Å². The number of hydrogen-bond acceptors (Lipinski definition) is 5. The number of carbonyl (C=O) groups is 2. The van der Waals surface area contributed by atoms with Crippen LogP contribution in [-0.4, -0.2) is 41.9 Å². The lowest BCUT2D eigenvalue weighted by molar-refractivity contribution is -0.124. The van der Waals surface area contributed by atoms with Crippen LogP contribution in [-0.2, 0) is 22.5 Å². The highest BCUT2D eigenvalue weighted by atomic mass is 35.5. The molecule has 8 heteroatoms. The van der Waals surface area contributed by atoms with Crippen molar-refractivity contribution < 1.29 is 19.1 Å². The minimum atomic E-state index is -0.673. The number of benzene rings is 2. The summed E-state index contributed by atoms with van der Waals surface area (Å²) in [5.41, 5.74) is 3.85. The van der Waals surface area contributed by atoms with E-state index in [-0.39, 0.29) is 23.2 Å². The zero-order chi connectivity index (χ0) is 23.1. The van der Waals surface area contributed by atoms with Crippen molar-refractivity contribution in [1.29, 1.82) is 0 Å². The van der Waals surface area contributed by atoms with Gasteiger partial charge in [0.25, 0.3) is 5.91 Å². The quantitative estimate of drug-likeness (QED) is 0.497. The normalized spacial score (nSPS) is 10.6. The number of methoxy groups -OCH3 is 1.